The molecule has 0 saturated heterocycles. The monoisotopic (exact) mass is 346 g/mol. The second-order valence-electron chi connectivity index (χ2n) is 6.37. The molecule has 0 radical (unpaired) electrons. The summed E-state index contributed by atoms with van der Waals surface area (Å²) in [5.41, 5.74) is 0.0525. The zero-order chi connectivity index (χ0) is 18.0. The average molecular weight is 346 g/mol. The van der Waals surface area contributed by atoms with Crippen molar-refractivity contribution in [3.63, 3.8) is 0 Å². The summed E-state index contributed by atoms with van der Waals surface area (Å²) in [4.78, 5) is 41.7. The van der Waals surface area contributed by atoms with Crippen molar-refractivity contribution in [2.45, 2.75) is 51.5 Å². The Bertz CT molecular complexity index is 861. The highest BCUT2D eigenvalue weighted by Gasteiger charge is 2.43. The van der Waals surface area contributed by atoms with Crippen molar-refractivity contribution >= 4 is 17.5 Å². The van der Waals surface area contributed by atoms with Crippen LogP contribution in [0.15, 0.2) is 17.1 Å². The van der Waals surface area contributed by atoms with Gasteiger partial charge in [-0.15, -0.1) is 0 Å². The molecule has 0 aliphatic heterocycles. The van der Waals surface area contributed by atoms with Crippen molar-refractivity contribution in [3.8, 4) is 0 Å². The molecule has 1 fully saturated rings. The molecule has 2 heterocycles. The molecular formula is C17H22N4O4. The summed E-state index contributed by atoms with van der Waals surface area (Å²) >= 11 is 0. The third-order valence-corrected chi connectivity index (χ3v) is 4.68. The minimum atomic E-state index is -0.971. The fourth-order valence-corrected chi connectivity index (χ4v) is 3.41. The number of hydrogen-bond acceptors (Lipinski definition) is 5. The zero-order valence-corrected chi connectivity index (χ0v) is 14.4. The Hall–Kier alpha value is -2.64. The first-order chi connectivity index (χ1) is 12.0. The van der Waals surface area contributed by atoms with Crippen LogP contribution in [0.25, 0.3) is 5.65 Å². The number of hydrogen-bond donors (Lipinski definition) is 2. The molecule has 1 amide bonds. The van der Waals surface area contributed by atoms with Gasteiger partial charge >= 0.3 is 5.97 Å². The standard InChI is InChI=1S/C17H22N4O4/c1-3-25-16(24)17(7-4-5-8-17)20-14(22)10-12-11(2)19-13-6-9-18-21(13)15(12)23/h6,9,18H,3-5,7-8,10H2,1-2H3,(H,20,22). The van der Waals surface area contributed by atoms with Crippen LogP contribution >= 0.6 is 0 Å². The zero-order valence-electron chi connectivity index (χ0n) is 14.4. The van der Waals surface area contributed by atoms with E-state index in [-0.39, 0.29) is 24.5 Å². The molecule has 8 heteroatoms. The van der Waals surface area contributed by atoms with Crippen molar-refractivity contribution in [1.29, 1.82) is 0 Å². The molecule has 0 atom stereocenters. The topological polar surface area (TPSA) is 106 Å². The van der Waals surface area contributed by atoms with E-state index in [4.69, 9.17) is 4.74 Å². The number of esters is 1. The molecule has 0 unspecified atom stereocenters. The fraction of sp³-hybridized carbons (Fsp3) is 0.529. The van der Waals surface area contributed by atoms with Gasteiger partial charge in [0.2, 0.25) is 5.91 Å². The van der Waals surface area contributed by atoms with Crippen LogP contribution in [0.4, 0.5) is 0 Å². The number of aromatic nitrogens is 3. The Morgan fingerprint density at radius 3 is 2.80 bits per heavy atom. The number of carbonyl (C=O) groups is 2. The number of carbonyl (C=O) groups excluding carboxylic acids is 2. The van der Waals surface area contributed by atoms with Gasteiger partial charge in [-0.2, -0.15) is 0 Å². The van der Waals surface area contributed by atoms with Gasteiger partial charge in [-0.1, -0.05) is 12.8 Å². The van der Waals surface area contributed by atoms with Crippen LogP contribution in [0.2, 0.25) is 0 Å². The number of rotatable bonds is 5. The number of amides is 1. The van der Waals surface area contributed by atoms with E-state index >= 15 is 0 Å². The highest BCUT2D eigenvalue weighted by molar-refractivity contribution is 5.89. The number of fused-ring (bicyclic) bond motifs is 1. The van der Waals surface area contributed by atoms with E-state index < -0.39 is 11.5 Å². The van der Waals surface area contributed by atoms with Crippen LogP contribution in [0, 0.1) is 6.92 Å². The van der Waals surface area contributed by atoms with E-state index in [0.29, 0.717) is 29.7 Å². The minimum Gasteiger partial charge on any atom is -0.464 e. The van der Waals surface area contributed by atoms with Gasteiger partial charge in [0, 0.05) is 23.5 Å². The van der Waals surface area contributed by atoms with Gasteiger partial charge in [0.1, 0.15) is 5.54 Å². The third-order valence-electron chi connectivity index (χ3n) is 4.68. The molecule has 2 aromatic heterocycles. The van der Waals surface area contributed by atoms with Crippen LogP contribution in [0.1, 0.15) is 43.9 Å². The Labute approximate surface area is 144 Å². The predicted molar refractivity (Wildman–Crippen MR) is 90.2 cm³/mol. The lowest BCUT2D eigenvalue weighted by atomic mass is 9.97. The first kappa shape index (κ1) is 17.2. The third kappa shape index (κ3) is 3.16. The Balaban J connectivity index is 1.82. The van der Waals surface area contributed by atoms with Gasteiger partial charge in [-0.3, -0.25) is 14.7 Å². The largest absolute Gasteiger partial charge is 0.464 e. The number of ether oxygens (including phenoxy) is 1. The van der Waals surface area contributed by atoms with Gasteiger partial charge in [-0.25, -0.2) is 14.3 Å². The number of nitrogens with zero attached hydrogens (tertiary/aromatic N) is 2. The molecule has 2 aromatic rings. The van der Waals surface area contributed by atoms with Crippen molar-refractivity contribution < 1.29 is 14.3 Å². The molecule has 1 saturated carbocycles. The summed E-state index contributed by atoms with van der Waals surface area (Å²) in [5.74, 6) is -0.768. The summed E-state index contributed by atoms with van der Waals surface area (Å²) in [7, 11) is 0. The number of aromatic amines is 1. The Kier molecular flexibility index (Phi) is 4.61. The maximum absolute atomic E-state index is 12.6. The fourth-order valence-electron chi connectivity index (χ4n) is 3.41. The normalized spacial score (nSPS) is 16.1. The quantitative estimate of drug-likeness (QED) is 0.782. The molecule has 1 aliphatic rings. The number of H-pyrrole nitrogens is 1. The predicted octanol–water partition coefficient (Wildman–Crippen LogP) is 0.866. The second-order valence-corrected chi connectivity index (χ2v) is 6.37. The summed E-state index contributed by atoms with van der Waals surface area (Å²) in [6, 6.07) is 1.69. The molecule has 25 heavy (non-hydrogen) atoms. The van der Waals surface area contributed by atoms with Crippen molar-refractivity contribution in [3.05, 3.63) is 33.9 Å². The van der Waals surface area contributed by atoms with Gasteiger partial charge in [0.15, 0.2) is 5.65 Å². The Morgan fingerprint density at radius 2 is 2.12 bits per heavy atom. The summed E-state index contributed by atoms with van der Waals surface area (Å²) in [6.07, 6.45) is 4.32. The lowest BCUT2D eigenvalue weighted by Gasteiger charge is -2.27. The molecule has 8 nitrogen and oxygen atoms in total. The first-order valence-electron chi connectivity index (χ1n) is 8.51. The van der Waals surface area contributed by atoms with Crippen LogP contribution in [0.5, 0.6) is 0 Å². The van der Waals surface area contributed by atoms with Gasteiger partial charge in [0.05, 0.1) is 13.0 Å². The highest BCUT2D eigenvalue weighted by Crippen LogP contribution is 2.31. The number of aryl methyl sites for hydroxylation is 1. The summed E-state index contributed by atoms with van der Waals surface area (Å²) < 4.78 is 6.44. The van der Waals surface area contributed by atoms with E-state index in [9.17, 15) is 14.4 Å². The molecular weight excluding hydrogens is 324 g/mol. The van der Waals surface area contributed by atoms with E-state index in [1.807, 2.05) is 0 Å². The Morgan fingerprint density at radius 1 is 1.40 bits per heavy atom. The SMILES string of the molecule is CCOC(=O)C1(NC(=O)Cc2c(C)nc3cc[nH]n3c2=O)CCCC1. The maximum Gasteiger partial charge on any atom is 0.331 e. The van der Waals surface area contributed by atoms with E-state index in [2.05, 4.69) is 15.4 Å². The highest BCUT2D eigenvalue weighted by atomic mass is 16.5. The van der Waals surface area contributed by atoms with Crippen LogP contribution in [-0.2, 0) is 20.7 Å². The molecule has 1 aliphatic carbocycles. The second kappa shape index (κ2) is 6.70. The van der Waals surface area contributed by atoms with Gasteiger partial charge < -0.3 is 10.1 Å². The maximum atomic E-state index is 12.6. The smallest absolute Gasteiger partial charge is 0.331 e. The van der Waals surface area contributed by atoms with Crippen LogP contribution in [-0.4, -0.2) is 38.6 Å². The minimum absolute atomic E-state index is 0.124. The molecule has 0 spiro atoms. The molecule has 134 valence electrons. The van der Waals surface area contributed by atoms with Crippen molar-refractivity contribution in [2.24, 2.45) is 0 Å². The van der Waals surface area contributed by atoms with Gasteiger partial charge in [-0.05, 0) is 26.7 Å². The van der Waals surface area contributed by atoms with E-state index in [1.54, 1.807) is 26.1 Å². The van der Waals surface area contributed by atoms with Gasteiger partial charge in [0.25, 0.3) is 5.56 Å². The summed E-state index contributed by atoms with van der Waals surface area (Å²) in [5, 5.41) is 5.60. The summed E-state index contributed by atoms with van der Waals surface area (Å²) in [6.45, 7) is 3.71. The first-order valence-corrected chi connectivity index (χ1v) is 8.51. The molecule has 0 bridgehead atoms. The molecule has 0 aromatic carbocycles. The lowest BCUT2D eigenvalue weighted by Crippen LogP contribution is -2.54. The molecule has 3 rings (SSSR count). The lowest BCUT2D eigenvalue weighted by molar-refractivity contribution is -0.153. The molecule has 2 N–H and O–H groups in total. The van der Waals surface area contributed by atoms with E-state index in [0.717, 1.165) is 12.8 Å². The van der Waals surface area contributed by atoms with Crippen LogP contribution < -0.4 is 10.9 Å². The van der Waals surface area contributed by atoms with E-state index in [1.165, 1.54) is 4.52 Å². The van der Waals surface area contributed by atoms with Crippen molar-refractivity contribution in [1.82, 2.24) is 19.9 Å². The van der Waals surface area contributed by atoms with Crippen LogP contribution in [0.3, 0.4) is 0 Å². The van der Waals surface area contributed by atoms with Crippen molar-refractivity contribution in [2.75, 3.05) is 6.61 Å². The average Bonchev–Trinajstić information content (AvgIpc) is 3.21. The number of nitrogens with one attached hydrogen (secondary N) is 2.